The van der Waals surface area contributed by atoms with Crippen molar-refractivity contribution < 1.29 is 28.9 Å². The Morgan fingerprint density at radius 1 is 1.12 bits per heavy atom. The summed E-state index contributed by atoms with van der Waals surface area (Å²) >= 11 is 0. The highest BCUT2D eigenvalue weighted by Gasteiger charge is 2.30. The Bertz CT molecular complexity index is 1260. The summed E-state index contributed by atoms with van der Waals surface area (Å²) < 4.78 is 16.2. The average Bonchev–Trinajstić information content (AvgIpc) is 3.21. The van der Waals surface area contributed by atoms with Gasteiger partial charge in [-0.05, 0) is 41.8 Å². The van der Waals surface area contributed by atoms with Crippen molar-refractivity contribution in [1.82, 2.24) is 9.97 Å². The van der Waals surface area contributed by atoms with E-state index in [-0.39, 0.29) is 12.6 Å². The summed E-state index contributed by atoms with van der Waals surface area (Å²) in [5.74, 6) is -0.00967. The molecule has 3 heterocycles. The first kappa shape index (κ1) is 21.0. The van der Waals surface area contributed by atoms with Crippen LogP contribution in [0.2, 0.25) is 0 Å². The first-order valence-electron chi connectivity index (χ1n) is 10.7. The van der Waals surface area contributed by atoms with Gasteiger partial charge in [0.25, 0.3) is 0 Å². The standard InChI is InChI=1S/C24H23N3O6/c1-31-18-7-14-6-15-12-33-23(30)21(15)20(17(14)8-19(18)32-2)16-9-25-24(26-10-16)27-5-3-4-13(11-27)22(28)29/h6-10,13H,3-5,11-12H2,1-2H3,(H,28,29). The van der Waals surface area contributed by atoms with Crippen molar-refractivity contribution in [2.24, 2.45) is 5.92 Å². The Labute approximate surface area is 189 Å². The molecule has 9 heteroatoms. The van der Waals surface area contributed by atoms with E-state index < -0.39 is 11.9 Å². The molecule has 2 aliphatic heterocycles. The molecule has 1 fully saturated rings. The molecular formula is C24H23N3O6. The summed E-state index contributed by atoms with van der Waals surface area (Å²) in [5.41, 5.74) is 2.63. The molecule has 0 amide bonds. The molecule has 1 atom stereocenters. The predicted molar refractivity (Wildman–Crippen MR) is 120 cm³/mol. The number of esters is 1. The molecule has 0 saturated carbocycles. The van der Waals surface area contributed by atoms with Gasteiger partial charge in [0.2, 0.25) is 5.95 Å². The Balaban J connectivity index is 1.61. The van der Waals surface area contributed by atoms with Gasteiger partial charge in [-0.15, -0.1) is 0 Å². The predicted octanol–water partition coefficient (Wildman–Crippen LogP) is 3.29. The summed E-state index contributed by atoms with van der Waals surface area (Å²) in [7, 11) is 3.14. The van der Waals surface area contributed by atoms with Crippen molar-refractivity contribution in [3.05, 3.63) is 41.7 Å². The van der Waals surface area contributed by atoms with Crippen LogP contribution in [0.25, 0.3) is 21.9 Å². The van der Waals surface area contributed by atoms with E-state index in [2.05, 4.69) is 9.97 Å². The number of carboxylic acids is 1. The molecule has 5 rings (SSSR count). The van der Waals surface area contributed by atoms with Crippen LogP contribution in [0, 0.1) is 5.92 Å². The Morgan fingerprint density at radius 3 is 2.55 bits per heavy atom. The molecule has 1 saturated heterocycles. The second-order valence-electron chi connectivity index (χ2n) is 8.19. The maximum absolute atomic E-state index is 12.6. The van der Waals surface area contributed by atoms with Crippen LogP contribution in [-0.2, 0) is 16.1 Å². The number of aromatic nitrogens is 2. The fraction of sp³-hybridized carbons (Fsp3) is 0.333. The van der Waals surface area contributed by atoms with Gasteiger partial charge in [-0.2, -0.15) is 0 Å². The lowest BCUT2D eigenvalue weighted by Crippen LogP contribution is -2.39. The highest BCUT2D eigenvalue weighted by Crippen LogP contribution is 2.42. The minimum absolute atomic E-state index is 0.203. The second kappa shape index (κ2) is 8.23. The number of anilines is 1. The zero-order valence-electron chi connectivity index (χ0n) is 18.3. The van der Waals surface area contributed by atoms with Crippen LogP contribution in [0.1, 0.15) is 28.8 Å². The lowest BCUT2D eigenvalue weighted by Gasteiger charge is -2.30. The average molecular weight is 449 g/mol. The number of nitrogens with zero attached hydrogens (tertiary/aromatic N) is 3. The van der Waals surface area contributed by atoms with E-state index in [0.29, 0.717) is 53.6 Å². The third-order valence-electron chi connectivity index (χ3n) is 6.27. The first-order chi connectivity index (χ1) is 16.0. The van der Waals surface area contributed by atoms with Crippen molar-refractivity contribution in [3.63, 3.8) is 0 Å². The number of piperidine rings is 1. The fourth-order valence-corrected chi connectivity index (χ4v) is 4.62. The molecule has 2 aromatic carbocycles. The number of carboxylic acid groups (broad SMARTS) is 1. The molecule has 170 valence electrons. The van der Waals surface area contributed by atoms with Crippen molar-refractivity contribution >= 4 is 28.7 Å². The summed E-state index contributed by atoms with van der Waals surface area (Å²) in [6.07, 6.45) is 4.76. The largest absolute Gasteiger partial charge is 0.493 e. The lowest BCUT2D eigenvalue weighted by molar-refractivity contribution is -0.141. The van der Waals surface area contributed by atoms with Crippen LogP contribution in [-0.4, -0.2) is 54.3 Å². The zero-order valence-corrected chi connectivity index (χ0v) is 18.3. The van der Waals surface area contributed by atoms with Gasteiger partial charge in [0.15, 0.2) is 11.5 Å². The number of aliphatic carboxylic acids is 1. The summed E-state index contributed by atoms with van der Waals surface area (Å²) in [6, 6.07) is 5.64. The van der Waals surface area contributed by atoms with E-state index >= 15 is 0 Å². The third-order valence-corrected chi connectivity index (χ3v) is 6.27. The number of hydrogen-bond acceptors (Lipinski definition) is 8. The lowest BCUT2D eigenvalue weighted by atomic mass is 9.91. The molecule has 1 N–H and O–H groups in total. The van der Waals surface area contributed by atoms with Crippen LogP contribution in [0.5, 0.6) is 11.5 Å². The monoisotopic (exact) mass is 449 g/mol. The number of carbonyl (C=O) groups is 2. The van der Waals surface area contributed by atoms with Crippen LogP contribution < -0.4 is 14.4 Å². The summed E-state index contributed by atoms with van der Waals surface area (Å²) in [5, 5.41) is 11.0. The molecule has 0 bridgehead atoms. The smallest absolute Gasteiger partial charge is 0.339 e. The van der Waals surface area contributed by atoms with E-state index in [1.807, 2.05) is 23.1 Å². The van der Waals surface area contributed by atoms with Gasteiger partial charge < -0.3 is 24.2 Å². The highest BCUT2D eigenvalue weighted by molar-refractivity contribution is 6.11. The topological polar surface area (TPSA) is 111 Å². The molecule has 9 nitrogen and oxygen atoms in total. The number of hydrogen-bond donors (Lipinski definition) is 1. The van der Waals surface area contributed by atoms with Crippen molar-refractivity contribution in [1.29, 1.82) is 0 Å². The second-order valence-corrected chi connectivity index (χ2v) is 8.19. The number of rotatable bonds is 5. The zero-order chi connectivity index (χ0) is 23.1. The maximum atomic E-state index is 12.6. The number of methoxy groups -OCH3 is 2. The van der Waals surface area contributed by atoms with Crippen molar-refractivity contribution in [2.45, 2.75) is 19.4 Å². The summed E-state index contributed by atoms with van der Waals surface area (Å²) in [4.78, 5) is 34.9. The van der Waals surface area contributed by atoms with Gasteiger partial charge in [0.05, 0.1) is 25.7 Å². The first-order valence-corrected chi connectivity index (χ1v) is 10.7. The van der Waals surface area contributed by atoms with E-state index in [1.165, 1.54) is 0 Å². The molecule has 1 unspecified atom stereocenters. The Morgan fingerprint density at radius 2 is 1.85 bits per heavy atom. The molecule has 0 radical (unpaired) electrons. The Kier molecular flexibility index (Phi) is 5.24. The van der Waals surface area contributed by atoms with Gasteiger partial charge in [-0.25, -0.2) is 14.8 Å². The number of ether oxygens (including phenoxy) is 3. The highest BCUT2D eigenvalue weighted by atomic mass is 16.5. The minimum Gasteiger partial charge on any atom is -0.493 e. The third kappa shape index (κ3) is 3.59. The number of cyclic esters (lactones) is 1. The quantitative estimate of drug-likeness (QED) is 0.587. The normalized spacial score (nSPS) is 17.6. The van der Waals surface area contributed by atoms with Crippen LogP contribution >= 0.6 is 0 Å². The van der Waals surface area contributed by atoms with Gasteiger partial charge in [-0.1, -0.05) is 0 Å². The minimum atomic E-state index is -0.800. The van der Waals surface area contributed by atoms with E-state index in [9.17, 15) is 14.7 Å². The van der Waals surface area contributed by atoms with Crippen LogP contribution in [0.3, 0.4) is 0 Å². The van der Waals surface area contributed by atoms with Gasteiger partial charge in [0, 0.05) is 42.2 Å². The van der Waals surface area contributed by atoms with Crippen molar-refractivity contribution in [3.8, 4) is 22.6 Å². The van der Waals surface area contributed by atoms with E-state index in [0.717, 1.165) is 22.8 Å². The van der Waals surface area contributed by atoms with Gasteiger partial charge >= 0.3 is 11.9 Å². The SMILES string of the molecule is COc1cc2cc3c(c(-c4cnc(N5CCCC(C(=O)O)C5)nc4)c2cc1OC)C(=O)OC3. The maximum Gasteiger partial charge on any atom is 0.339 e. The Hall–Kier alpha value is -3.88. The molecule has 0 spiro atoms. The van der Waals surface area contributed by atoms with Crippen LogP contribution in [0.15, 0.2) is 30.6 Å². The van der Waals surface area contributed by atoms with E-state index in [4.69, 9.17) is 14.2 Å². The molecule has 3 aromatic rings. The molecule has 1 aromatic heterocycles. The van der Waals surface area contributed by atoms with Crippen molar-refractivity contribution in [2.75, 3.05) is 32.2 Å². The van der Waals surface area contributed by atoms with Crippen LogP contribution in [0.4, 0.5) is 5.95 Å². The number of fused-ring (bicyclic) bond motifs is 2. The van der Waals surface area contributed by atoms with Gasteiger partial charge in [0.1, 0.15) is 6.61 Å². The number of carbonyl (C=O) groups excluding carboxylic acids is 1. The van der Waals surface area contributed by atoms with Gasteiger partial charge in [-0.3, -0.25) is 4.79 Å². The molecular weight excluding hydrogens is 426 g/mol. The molecule has 2 aliphatic rings. The summed E-state index contributed by atoms with van der Waals surface area (Å²) in [6.45, 7) is 1.28. The molecule has 0 aliphatic carbocycles. The number of benzene rings is 2. The van der Waals surface area contributed by atoms with E-state index in [1.54, 1.807) is 26.6 Å². The fourth-order valence-electron chi connectivity index (χ4n) is 4.62. The molecule has 33 heavy (non-hydrogen) atoms.